The van der Waals surface area contributed by atoms with E-state index in [1.54, 1.807) is 35.3 Å². The Morgan fingerprint density at radius 3 is 2.68 bits per heavy atom. The van der Waals surface area contributed by atoms with Crippen LogP contribution in [0.1, 0.15) is 11.1 Å². The zero-order valence-electron chi connectivity index (χ0n) is 14.4. The highest BCUT2D eigenvalue weighted by atomic mass is 16.6. The molecule has 0 atom stereocenters. The molecule has 1 aromatic carbocycles. The van der Waals surface area contributed by atoms with E-state index in [-0.39, 0.29) is 11.6 Å². The monoisotopic (exact) mass is 372 g/mol. The van der Waals surface area contributed by atoms with Crippen molar-refractivity contribution in [3.05, 3.63) is 70.2 Å². The molecule has 28 heavy (non-hydrogen) atoms. The normalized spacial score (nSPS) is 10.7. The lowest BCUT2D eigenvalue weighted by Gasteiger charge is -2.06. The maximum atomic E-state index is 10.8. The Morgan fingerprint density at radius 2 is 1.96 bits per heavy atom. The molecule has 0 fully saturated rings. The highest BCUT2D eigenvalue weighted by Gasteiger charge is 2.15. The standard InChI is InChI=1S/C18H12N8O2/c19-6-12-5-13(8-21-7-12)16-15-9-22-25(17(15)24-18(20)23-16)10-11-1-3-14(4-2-11)26(27)28/h1-5,7-9H,10H2,(H2,20,23,24). The first-order valence-electron chi connectivity index (χ1n) is 8.13. The Bertz CT molecular complexity index is 1240. The molecule has 0 amide bonds. The average molecular weight is 372 g/mol. The zero-order valence-corrected chi connectivity index (χ0v) is 14.4. The maximum absolute atomic E-state index is 10.8. The highest BCUT2D eigenvalue weighted by Crippen LogP contribution is 2.27. The third-order valence-corrected chi connectivity index (χ3v) is 4.13. The second kappa shape index (κ2) is 6.73. The number of rotatable bonds is 4. The van der Waals surface area contributed by atoms with Gasteiger partial charge in [0.2, 0.25) is 5.95 Å². The quantitative estimate of drug-likeness (QED) is 0.423. The lowest BCUT2D eigenvalue weighted by atomic mass is 10.1. The van der Waals surface area contributed by atoms with Gasteiger partial charge in [0.15, 0.2) is 5.65 Å². The number of nitro benzene ring substituents is 1. The number of fused-ring (bicyclic) bond motifs is 1. The number of anilines is 1. The molecular weight excluding hydrogens is 360 g/mol. The van der Waals surface area contributed by atoms with E-state index >= 15 is 0 Å². The van der Waals surface area contributed by atoms with Gasteiger partial charge < -0.3 is 5.73 Å². The lowest BCUT2D eigenvalue weighted by molar-refractivity contribution is -0.384. The summed E-state index contributed by atoms with van der Waals surface area (Å²) in [4.78, 5) is 23.0. The van der Waals surface area contributed by atoms with E-state index < -0.39 is 4.92 Å². The summed E-state index contributed by atoms with van der Waals surface area (Å²) >= 11 is 0. The van der Waals surface area contributed by atoms with Gasteiger partial charge in [-0.3, -0.25) is 15.1 Å². The molecule has 10 nitrogen and oxygen atoms in total. The molecule has 4 rings (SSSR count). The summed E-state index contributed by atoms with van der Waals surface area (Å²) in [5, 5.41) is 24.9. The smallest absolute Gasteiger partial charge is 0.269 e. The number of hydrogen-bond donors (Lipinski definition) is 1. The van der Waals surface area contributed by atoms with Crippen molar-refractivity contribution in [3.8, 4) is 17.3 Å². The SMILES string of the molecule is N#Cc1cncc(-c2nc(N)nc3c2cnn3Cc2ccc([N+](=O)[O-])cc2)c1. The molecule has 0 saturated heterocycles. The molecule has 4 aromatic rings. The van der Waals surface area contributed by atoms with Crippen LogP contribution in [0.2, 0.25) is 0 Å². The summed E-state index contributed by atoms with van der Waals surface area (Å²) in [5.41, 5.74) is 8.81. The molecule has 0 aliphatic carbocycles. The fourth-order valence-corrected chi connectivity index (χ4v) is 2.83. The van der Waals surface area contributed by atoms with Crippen LogP contribution in [0.15, 0.2) is 48.9 Å². The Morgan fingerprint density at radius 1 is 1.18 bits per heavy atom. The van der Waals surface area contributed by atoms with Crippen LogP contribution < -0.4 is 5.73 Å². The summed E-state index contributed by atoms with van der Waals surface area (Å²) < 4.78 is 1.64. The third kappa shape index (κ3) is 3.08. The Labute approximate surface area is 158 Å². The summed E-state index contributed by atoms with van der Waals surface area (Å²) in [6.45, 7) is 0.355. The number of non-ortho nitro benzene ring substituents is 1. The lowest BCUT2D eigenvalue weighted by Crippen LogP contribution is -2.05. The first kappa shape index (κ1) is 17.0. The minimum Gasteiger partial charge on any atom is -0.368 e. The molecule has 0 unspecified atom stereocenters. The molecule has 0 spiro atoms. The number of benzene rings is 1. The first-order chi connectivity index (χ1) is 13.5. The molecule has 0 bridgehead atoms. The van der Waals surface area contributed by atoms with Crippen molar-refractivity contribution in [1.82, 2.24) is 24.7 Å². The number of hydrogen-bond acceptors (Lipinski definition) is 8. The molecular formula is C18H12N8O2. The number of pyridine rings is 1. The van der Waals surface area contributed by atoms with E-state index in [2.05, 4.69) is 20.1 Å². The number of nitrogens with two attached hydrogens (primary N) is 1. The zero-order chi connectivity index (χ0) is 19.7. The predicted octanol–water partition coefficient (Wildman–Crippen LogP) is 2.30. The highest BCUT2D eigenvalue weighted by molar-refractivity contribution is 5.91. The second-order valence-corrected chi connectivity index (χ2v) is 5.97. The predicted molar refractivity (Wildman–Crippen MR) is 99.9 cm³/mol. The topological polar surface area (TPSA) is 149 Å². The second-order valence-electron chi connectivity index (χ2n) is 5.97. The molecule has 10 heteroatoms. The van der Waals surface area contributed by atoms with Crippen LogP contribution in [0.25, 0.3) is 22.3 Å². The van der Waals surface area contributed by atoms with Gasteiger partial charge >= 0.3 is 0 Å². The molecule has 3 aromatic heterocycles. The number of nitrogens with zero attached hydrogens (tertiary/aromatic N) is 7. The minimum absolute atomic E-state index is 0.0211. The van der Waals surface area contributed by atoms with Crippen LogP contribution in [0, 0.1) is 21.4 Å². The largest absolute Gasteiger partial charge is 0.368 e. The van der Waals surface area contributed by atoms with E-state index in [1.165, 1.54) is 18.3 Å². The van der Waals surface area contributed by atoms with E-state index in [9.17, 15) is 10.1 Å². The maximum Gasteiger partial charge on any atom is 0.269 e. The fourth-order valence-electron chi connectivity index (χ4n) is 2.83. The van der Waals surface area contributed by atoms with Gasteiger partial charge in [-0.2, -0.15) is 15.3 Å². The van der Waals surface area contributed by atoms with Crippen molar-refractivity contribution in [2.24, 2.45) is 0 Å². The Hall–Kier alpha value is -4.39. The number of nitrogen functional groups attached to an aromatic ring is 1. The summed E-state index contributed by atoms with van der Waals surface area (Å²) in [7, 11) is 0. The van der Waals surface area contributed by atoms with Crippen LogP contribution in [0.3, 0.4) is 0 Å². The van der Waals surface area contributed by atoms with Crippen molar-refractivity contribution in [2.75, 3.05) is 5.73 Å². The van der Waals surface area contributed by atoms with Crippen molar-refractivity contribution >= 4 is 22.7 Å². The van der Waals surface area contributed by atoms with Gasteiger partial charge in [-0.15, -0.1) is 0 Å². The molecule has 0 aliphatic rings. The number of nitriles is 1. The number of aromatic nitrogens is 5. The van der Waals surface area contributed by atoms with Crippen molar-refractivity contribution in [1.29, 1.82) is 5.26 Å². The average Bonchev–Trinajstić information content (AvgIpc) is 3.10. The molecule has 0 aliphatic heterocycles. The van der Waals surface area contributed by atoms with E-state index in [4.69, 9.17) is 11.0 Å². The van der Waals surface area contributed by atoms with Gasteiger partial charge in [0.1, 0.15) is 6.07 Å². The van der Waals surface area contributed by atoms with Gasteiger partial charge in [0, 0.05) is 30.1 Å². The fraction of sp³-hybridized carbons (Fsp3) is 0.0556. The van der Waals surface area contributed by atoms with Crippen LogP contribution in [0.4, 0.5) is 11.6 Å². The van der Waals surface area contributed by atoms with Gasteiger partial charge in [0.25, 0.3) is 5.69 Å². The minimum atomic E-state index is -0.448. The van der Waals surface area contributed by atoms with Crippen LogP contribution in [-0.2, 0) is 6.54 Å². The van der Waals surface area contributed by atoms with Gasteiger partial charge in [-0.25, -0.2) is 9.67 Å². The van der Waals surface area contributed by atoms with Crippen molar-refractivity contribution in [2.45, 2.75) is 6.54 Å². The molecule has 3 heterocycles. The van der Waals surface area contributed by atoms with Gasteiger partial charge in [-0.05, 0) is 11.6 Å². The van der Waals surface area contributed by atoms with Crippen LogP contribution in [-0.4, -0.2) is 29.7 Å². The Balaban J connectivity index is 1.77. The van der Waals surface area contributed by atoms with Crippen molar-refractivity contribution < 1.29 is 4.92 Å². The van der Waals surface area contributed by atoms with Gasteiger partial charge in [-0.1, -0.05) is 12.1 Å². The van der Waals surface area contributed by atoms with Crippen LogP contribution in [0.5, 0.6) is 0 Å². The van der Waals surface area contributed by atoms with E-state index in [1.807, 2.05) is 6.07 Å². The van der Waals surface area contributed by atoms with Crippen molar-refractivity contribution in [3.63, 3.8) is 0 Å². The third-order valence-electron chi connectivity index (χ3n) is 4.13. The van der Waals surface area contributed by atoms with Gasteiger partial charge in [0.05, 0.1) is 34.3 Å². The summed E-state index contributed by atoms with van der Waals surface area (Å²) in [6.07, 6.45) is 4.67. The van der Waals surface area contributed by atoms with E-state index in [0.29, 0.717) is 34.4 Å². The summed E-state index contributed by atoms with van der Waals surface area (Å²) in [5.74, 6) is 0.0651. The molecule has 2 N–H and O–H groups in total. The molecule has 136 valence electrons. The number of nitro groups is 1. The van der Waals surface area contributed by atoms with Crippen LogP contribution >= 0.6 is 0 Å². The summed E-state index contributed by atoms with van der Waals surface area (Å²) in [6, 6.07) is 9.92. The molecule has 0 radical (unpaired) electrons. The molecule has 0 saturated carbocycles. The van der Waals surface area contributed by atoms with E-state index in [0.717, 1.165) is 5.56 Å². The first-order valence-corrected chi connectivity index (χ1v) is 8.13. The Kier molecular flexibility index (Phi) is 4.10.